The molecule has 5 nitrogen and oxygen atoms in total. The van der Waals surface area contributed by atoms with Crippen LogP contribution in [0.1, 0.15) is 13.3 Å². The third kappa shape index (κ3) is 7.72. The van der Waals surface area contributed by atoms with Gasteiger partial charge in [-0.05, 0) is 19.9 Å². The van der Waals surface area contributed by atoms with Crippen LogP contribution in [0, 0.1) is 0 Å². The molecule has 0 aromatic carbocycles. The largest absolute Gasteiger partial charge is 0.367 e. The van der Waals surface area contributed by atoms with Gasteiger partial charge in [-0.2, -0.15) is 0 Å². The van der Waals surface area contributed by atoms with E-state index in [4.69, 9.17) is 10.2 Å². The third-order valence-electron chi connectivity index (χ3n) is 1.53. The van der Waals surface area contributed by atoms with E-state index in [1.807, 2.05) is 0 Å². The van der Waals surface area contributed by atoms with Crippen LogP contribution in [0.5, 0.6) is 0 Å². The number of aliphatic hydroxyl groups is 2. The lowest BCUT2D eigenvalue weighted by atomic mass is 10.3. The number of aliphatic hydroxyl groups excluding tert-OH is 1. The van der Waals surface area contributed by atoms with Gasteiger partial charge < -0.3 is 20.8 Å². The zero-order valence-electron chi connectivity index (χ0n) is 8.42. The highest BCUT2D eigenvalue weighted by molar-refractivity contribution is 5.91. The normalized spacial score (nSPS) is 10.3. The minimum atomic E-state index is -1.32. The summed E-state index contributed by atoms with van der Waals surface area (Å²) < 4.78 is 0. The van der Waals surface area contributed by atoms with Gasteiger partial charge in [0.1, 0.15) is 0 Å². The molecule has 0 atom stereocenters. The number of hydrogen-bond donors (Lipinski definition) is 4. The minimum absolute atomic E-state index is 0.146. The molecular weight excluding hydrogens is 184 g/mol. The number of rotatable bonds is 7. The molecule has 0 bridgehead atoms. The van der Waals surface area contributed by atoms with E-state index in [9.17, 15) is 4.79 Å². The topological polar surface area (TPSA) is 81.6 Å². The Hall–Kier alpha value is -0.910. The fourth-order valence-electron chi connectivity index (χ4n) is 0.797. The van der Waals surface area contributed by atoms with E-state index in [1.165, 1.54) is 0 Å². The first kappa shape index (κ1) is 13.1. The standard InChI is InChI=1S/C9H18N2O3/c1-7(2)9(14)11-5-3-4-10-6-8(12)13/h8,10,12-13H,1,3-6H2,2H3,(H,11,14). The fraction of sp³-hybridized carbons (Fsp3) is 0.667. The smallest absolute Gasteiger partial charge is 0.246 e. The number of nitrogens with one attached hydrogen (secondary N) is 2. The Balaban J connectivity index is 3.22. The molecular formula is C9H18N2O3. The molecule has 0 aliphatic rings. The van der Waals surface area contributed by atoms with Crippen molar-refractivity contribution in [2.24, 2.45) is 0 Å². The van der Waals surface area contributed by atoms with Crippen molar-refractivity contribution >= 4 is 5.91 Å². The van der Waals surface area contributed by atoms with Crippen LogP contribution in [-0.4, -0.2) is 42.0 Å². The SMILES string of the molecule is C=C(C)C(=O)NCCCNCC(O)O. The summed E-state index contributed by atoms with van der Waals surface area (Å²) >= 11 is 0. The van der Waals surface area contributed by atoms with Crippen molar-refractivity contribution in [3.05, 3.63) is 12.2 Å². The van der Waals surface area contributed by atoms with Crippen molar-refractivity contribution in [3.63, 3.8) is 0 Å². The van der Waals surface area contributed by atoms with Gasteiger partial charge in [0.25, 0.3) is 0 Å². The number of amides is 1. The van der Waals surface area contributed by atoms with Gasteiger partial charge in [-0.15, -0.1) is 0 Å². The van der Waals surface area contributed by atoms with E-state index in [0.29, 0.717) is 18.7 Å². The Bertz CT molecular complexity index is 192. The van der Waals surface area contributed by atoms with Crippen molar-refractivity contribution in [2.45, 2.75) is 19.6 Å². The maximum Gasteiger partial charge on any atom is 0.246 e. The average molecular weight is 202 g/mol. The van der Waals surface area contributed by atoms with Crippen LogP contribution in [0.2, 0.25) is 0 Å². The zero-order chi connectivity index (χ0) is 11.0. The van der Waals surface area contributed by atoms with Gasteiger partial charge in [0, 0.05) is 18.7 Å². The van der Waals surface area contributed by atoms with Crippen LogP contribution in [0.15, 0.2) is 12.2 Å². The van der Waals surface area contributed by atoms with Crippen molar-refractivity contribution in [1.82, 2.24) is 10.6 Å². The molecule has 0 heterocycles. The summed E-state index contributed by atoms with van der Waals surface area (Å²) in [6.45, 7) is 6.48. The molecule has 0 fully saturated rings. The fourth-order valence-corrected chi connectivity index (χ4v) is 0.797. The Morgan fingerprint density at radius 1 is 1.43 bits per heavy atom. The second kappa shape index (κ2) is 7.49. The van der Waals surface area contributed by atoms with Gasteiger partial charge in [0.05, 0.1) is 0 Å². The highest BCUT2D eigenvalue weighted by Gasteiger charge is 1.99. The first-order valence-electron chi connectivity index (χ1n) is 4.54. The maximum absolute atomic E-state index is 11.0. The van der Waals surface area contributed by atoms with Crippen LogP contribution in [0.25, 0.3) is 0 Å². The summed E-state index contributed by atoms with van der Waals surface area (Å²) in [6, 6.07) is 0. The lowest BCUT2D eigenvalue weighted by molar-refractivity contribution is -0.117. The Kier molecular flexibility index (Phi) is 7.00. The van der Waals surface area contributed by atoms with Crippen LogP contribution < -0.4 is 10.6 Å². The van der Waals surface area contributed by atoms with E-state index >= 15 is 0 Å². The van der Waals surface area contributed by atoms with E-state index in [2.05, 4.69) is 17.2 Å². The Labute approximate surface area is 83.8 Å². The summed E-state index contributed by atoms with van der Waals surface area (Å²) in [5.41, 5.74) is 0.490. The molecule has 1 amide bonds. The first-order chi connectivity index (χ1) is 6.54. The molecule has 0 unspecified atom stereocenters. The second-order valence-corrected chi connectivity index (χ2v) is 3.07. The molecule has 0 aromatic heterocycles. The van der Waals surface area contributed by atoms with Crippen LogP contribution in [0.4, 0.5) is 0 Å². The van der Waals surface area contributed by atoms with Gasteiger partial charge >= 0.3 is 0 Å². The summed E-state index contributed by atoms with van der Waals surface area (Å²) in [5, 5.41) is 22.4. The highest BCUT2D eigenvalue weighted by atomic mass is 16.5. The summed E-state index contributed by atoms with van der Waals surface area (Å²) in [7, 11) is 0. The number of carbonyl (C=O) groups is 1. The van der Waals surface area contributed by atoms with Gasteiger partial charge in [0.15, 0.2) is 6.29 Å². The van der Waals surface area contributed by atoms with Gasteiger partial charge in [-0.1, -0.05) is 6.58 Å². The second-order valence-electron chi connectivity index (χ2n) is 3.07. The molecule has 0 aliphatic carbocycles. The van der Waals surface area contributed by atoms with E-state index in [1.54, 1.807) is 6.92 Å². The number of hydrogen-bond acceptors (Lipinski definition) is 4. The highest BCUT2D eigenvalue weighted by Crippen LogP contribution is 1.85. The summed E-state index contributed by atoms with van der Waals surface area (Å²) in [4.78, 5) is 11.0. The Morgan fingerprint density at radius 3 is 2.57 bits per heavy atom. The summed E-state index contributed by atoms with van der Waals surface area (Å²) in [5.74, 6) is -0.146. The average Bonchev–Trinajstić information content (AvgIpc) is 2.09. The predicted octanol–water partition coefficient (Wildman–Crippen LogP) is -1.03. The Morgan fingerprint density at radius 2 is 2.07 bits per heavy atom. The predicted molar refractivity (Wildman–Crippen MR) is 53.5 cm³/mol. The van der Waals surface area contributed by atoms with Crippen molar-refractivity contribution in [2.75, 3.05) is 19.6 Å². The van der Waals surface area contributed by atoms with Crippen molar-refractivity contribution in [1.29, 1.82) is 0 Å². The molecule has 5 heteroatoms. The monoisotopic (exact) mass is 202 g/mol. The van der Waals surface area contributed by atoms with E-state index < -0.39 is 6.29 Å². The lowest BCUT2D eigenvalue weighted by Gasteiger charge is -2.07. The first-order valence-corrected chi connectivity index (χ1v) is 4.54. The lowest BCUT2D eigenvalue weighted by Crippen LogP contribution is -2.30. The van der Waals surface area contributed by atoms with Gasteiger partial charge in [-0.3, -0.25) is 4.79 Å². The molecule has 0 rings (SSSR count). The summed E-state index contributed by atoms with van der Waals surface area (Å²) in [6.07, 6.45) is -0.578. The molecule has 82 valence electrons. The molecule has 4 N–H and O–H groups in total. The molecule has 14 heavy (non-hydrogen) atoms. The van der Waals surface area contributed by atoms with Gasteiger partial charge in [-0.25, -0.2) is 0 Å². The van der Waals surface area contributed by atoms with Crippen LogP contribution >= 0.6 is 0 Å². The minimum Gasteiger partial charge on any atom is -0.367 e. The molecule has 0 saturated carbocycles. The van der Waals surface area contributed by atoms with Crippen molar-refractivity contribution in [3.8, 4) is 0 Å². The van der Waals surface area contributed by atoms with Crippen LogP contribution in [0.3, 0.4) is 0 Å². The van der Waals surface area contributed by atoms with Crippen molar-refractivity contribution < 1.29 is 15.0 Å². The molecule has 0 aliphatic heterocycles. The molecule has 0 saturated heterocycles. The quantitative estimate of drug-likeness (QED) is 0.242. The third-order valence-corrected chi connectivity index (χ3v) is 1.53. The molecule has 0 aromatic rings. The van der Waals surface area contributed by atoms with E-state index in [0.717, 1.165) is 6.42 Å². The number of carbonyl (C=O) groups excluding carboxylic acids is 1. The molecule has 0 radical (unpaired) electrons. The van der Waals surface area contributed by atoms with Crippen LogP contribution in [-0.2, 0) is 4.79 Å². The maximum atomic E-state index is 11.0. The molecule has 0 spiro atoms. The van der Waals surface area contributed by atoms with E-state index in [-0.39, 0.29) is 12.5 Å². The van der Waals surface area contributed by atoms with Gasteiger partial charge in [0.2, 0.25) is 5.91 Å². The zero-order valence-corrected chi connectivity index (χ0v) is 8.42.